The largest absolute Gasteiger partial charge is 0.326 e. The fourth-order valence-electron chi connectivity index (χ4n) is 1.65. The monoisotopic (exact) mass is 330 g/mol. The Morgan fingerprint density at radius 3 is 2.50 bits per heavy atom. The van der Waals surface area contributed by atoms with Gasteiger partial charge in [0, 0.05) is 18.1 Å². The highest BCUT2D eigenvalue weighted by molar-refractivity contribution is 7.91. The summed E-state index contributed by atoms with van der Waals surface area (Å²) in [4.78, 5) is 0. The van der Waals surface area contributed by atoms with Crippen molar-refractivity contribution in [2.24, 2.45) is 5.73 Å². The third-order valence-electron chi connectivity index (χ3n) is 2.75. The second-order valence-electron chi connectivity index (χ2n) is 4.25. The number of rotatable bonds is 6. The topological polar surface area (TPSA) is 72.2 Å². The van der Waals surface area contributed by atoms with E-state index in [-0.39, 0.29) is 0 Å². The van der Waals surface area contributed by atoms with Crippen LogP contribution in [-0.4, -0.2) is 15.0 Å². The zero-order valence-corrected chi connectivity index (χ0v) is 13.1. The van der Waals surface area contributed by atoms with Crippen molar-refractivity contribution in [2.75, 3.05) is 6.54 Å². The SMILES string of the molecule is NCc1csc(S(=O)(=O)NCCc2ccc(Cl)cc2)c1. The van der Waals surface area contributed by atoms with Crippen molar-refractivity contribution in [3.05, 3.63) is 51.9 Å². The standard InChI is InChI=1S/C13H15ClN2O2S2/c14-12-3-1-10(2-4-12)5-6-16-20(17,18)13-7-11(8-15)9-19-13/h1-4,7,9,16H,5-6,8,15H2. The lowest BCUT2D eigenvalue weighted by Crippen LogP contribution is -2.25. The summed E-state index contributed by atoms with van der Waals surface area (Å²) in [5, 5.41) is 2.43. The summed E-state index contributed by atoms with van der Waals surface area (Å²) in [5.74, 6) is 0. The molecule has 0 atom stereocenters. The van der Waals surface area contributed by atoms with Crippen molar-refractivity contribution in [1.82, 2.24) is 4.72 Å². The van der Waals surface area contributed by atoms with Crippen LogP contribution in [0.1, 0.15) is 11.1 Å². The molecule has 0 amide bonds. The second-order valence-corrected chi connectivity index (χ2v) is 7.59. The molecule has 0 spiro atoms. The number of benzene rings is 1. The molecule has 3 N–H and O–H groups in total. The normalized spacial score (nSPS) is 11.7. The number of sulfonamides is 1. The molecule has 2 aromatic rings. The maximum absolute atomic E-state index is 12.0. The molecule has 1 aromatic carbocycles. The van der Waals surface area contributed by atoms with Crippen molar-refractivity contribution >= 4 is 33.0 Å². The number of hydrogen-bond acceptors (Lipinski definition) is 4. The van der Waals surface area contributed by atoms with E-state index < -0.39 is 10.0 Å². The summed E-state index contributed by atoms with van der Waals surface area (Å²) < 4.78 is 27.0. The van der Waals surface area contributed by atoms with E-state index in [0.29, 0.717) is 28.7 Å². The van der Waals surface area contributed by atoms with E-state index in [9.17, 15) is 8.42 Å². The minimum absolute atomic E-state index is 0.300. The number of halogens is 1. The molecule has 108 valence electrons. The molecule has 1 heterocycles. The Hall–Kier alpha value is -0.920. The molecule has 0 fully saturated rings. The van der Waals surface area contributed by atoms with Gasteiger partial charge in [-0.1, -0.05) is 23.7 Å². The van der Waals surface area contributed by atoms with Gasteiger partial charge < -0.3 is 5.73 Å². The Bertz CT molecular complexity index is 666. The van der Waals surface area contributed by atoms with Gasteiger partial charge in [-0.15, -0.1) is 11.3 Å². The maximum atomic E-state index is 12.0. The Labute approximate surface area is 127 Å². The highest BCUT2D eigenvalue weighted by atomic mass is 35.5. The van der Waals surface area contributed by atoms with Gasteiger partial charge in [-0.05, 0) is 41.1 Å². The highest BCUT2D eigenvalue weighted by Gasteiger charge is 2.15. The maximum Gasteiger partial charge on any atom is 0.250 e. The molecule has 7 heteroatoms. The predicted molar refractivity (Wildman–Crippen MR) is 82.6 cm³/mol. The second kappa shape index (κ2) is 6.69. The number of nitrogens with two attached hydrogens (primary N) is 1. The van der Waals surface area contributed by atoms with E-state index in [2.05, 4.69) is 4.72 Å². The number of nitrogens with one attached hydrogen (secondary N) is 1. The fraction of sp³-hybridized carbons (Fsp3) is 0.231. The number of hydrogen-bond donors (Lipinski definition) is 2. The van der Waals surface area contributed by atoms with Crippen molar-refractivity contribution < 1.29 is 8.42 Å². The van der Waals surface area contributed by atoms with E-state index in [1.54, 1.807) is 23.6 Å². The first-order valence-corrected chi connectivity index (χ1v) is 8.77. The van der Waals surface area contributed by atoms with Gasteiger partial charge in [0.2, 0.25) is 10.0 Å². The van der Waals surface area contributed by atoms with Crippen LogP contribution in [0.2, 0.25) is 5.02 Å². The van der Waals surface area contributed by atoms with Crippen LogP contribution in [0.15, 0.2) is 39.9 Å². The average molecular weight is 331 g/mol. The first kappa shape index (κ1) is 15.5. The van der Waals surface area contributed by atoms with E-state index in [0.717, 1.165) is 11.1 Å². The first-order chi connectivity index (χ1) is 9.51. The van der Waals surface area contributed by atoms with Gasteiger partial charge in [0.1, 0.15) is 4.21 Å². The Morgan fingerprint density at radius 2 is 1.90 bits per heavy atom. The van der Waals surface area contributed by atoms with E-state index in [1.807, 2.05) is 12.1 Å². The molecule has 4 nitrogen and oxygen atoms in total. The molecule has 2 rings (SSSR count). The van der Waals surface area contributed by atoms with Crippen LogP contribution < -0.4 is 10.5 Å². The number of thiophene rings is 1. The lowest BCUT2D eigenvalue weighted by Gasteiger charge is -2.05. The summed E-state index contributed by atoms with van der Waals surface area (Å²) in [7, 11) is -3.44. The lowest BCUT2D eigenvalue weighted by molar-refractivity contribution is 0.583. The van der Waals surface area contributed by atoms with Gasteiger partial charge in [-0.25, -0.2) is 13.1 Å². The van der Waals surface area contributed by atoms with Gasteiger partial charge >= 0.3 is 0 Å². The summed E-state index contributed by atoms with van der Waals surface area (Å²) in [6.07, 6.45) is 0.617. The van der Waals surface area contributed by atoms with Gasteiger partial charge in [-0.2, -0.15) is 0 Å². The fourth-order valence-corrected chi connectivity index (χ4v) is 4.08. The van der Waals surface area contributed by atoms with Crippen LogP contribution in [0.25, 0.3) is 0 Å². The van der Waals surface area contributed by atoms with Crippen LogP contribution in [0.3, 0.4) is 0 Å². The highest BCUT2D eigenvalue weighted by Crippen LogP contribution is 2.19. The summed E-state index contributed by atoms with van der Waals surface area (Å²) in [6, 6.07) is 8.95. The molecule has 1 aromatic heterocycles. The third-order valence-corrected chi connectivity index (χ3v) is 5.95. The van der Waals surface area contributed by atoms with Gasteiger partial charge in [-0.3, -0.25) is 0 Å². The van der Waals surface area contributed by atoms with Crippen LogP contribution in [-0.2, 0) is 23.0 Å². The molecule has 0 aliphatic heterocycles. The molecule has 0 saturated heterocycles. The molecular weight excluding hydrogens is 316 g/mol. The van der Waals surface area contributed by atoms with Crippen LogP contribution in [0, 0.1) is 0 Å². The minimum atomic E-state index is -3.44. The Morgan fingerprint density at radius 1 is 1.20 bits per heavy atom. The molecule has 0 aliphatic carbocycles. The van der Waals surface area contributed by atoms with Gasteiger partial charge in [0.05, 0.1) is 0 Å². The summed E-state index contributed by atoms with van der Waals surface area (Å²) in [6.45, 7) is 0.691. The minimum Gasteiger partial charge on any atom is -0.326 e. The Balaban J connectivity index is 1.94. The first-order valence-electron chi connectivity index (χ1n) is 6.03. The van der Waals surface area contributed by atoms with Crippen molar-refractivity contribution in [3.63, 3.8) is 0 Å². The molecule has 20 heavy (non-hydrogen) atoms. The zero-order chi connectivity index (χ0) is 14.6. The van der Waals surface area contributed by atoms with Gasteiger partial charge in [0.15, 0.2) is 0 Å². The smallest absolute Gasteiger partial charge is 0.250 e. The van der Waals surface area contributed by atoms with E-state index in [1.165, 1.54) is 11.3 Å². The summed E-state index contributed by atoms with van der Waals surface area (Å²) in [5.41, 5.74) is 7.34. The molecular formula is C13H15ClN2O2S2. The molecule has 0 bridgehead atoms. The zero-order valence-electron chi connectivity index (χ0n) is 10.7. The van der Waals surface area contributed by atoms with Crippen molar-refractivity contribution in [1.29, 1.82) is 0 Å². The van der Waals surface area contributed by atoms with E-state index in [4.69, 9.17) is 17.3 Å². The quantitative estimate of drug-likeness (QED) is 0.854. The lowest BCUT2D eigenvalue weighted by atomic mass is 10.2. The molecule has 0 radical (unpaired) electrons. The molecule has 0 saturated carbocycles. The van der Waals surface area contributed by atoms with Crippen LogP contribution in [0.5, 0.6) is 0 Å². The van der Waals surface area contributed by atoms with Gasteiger partial charge in [0.25, 0.3) is 0 Å². The summed E-state index contributed by atoms with van der Waals surface area (Å²) >= 11 is 6.98. The predicted octanol–water partition coefficient (Wildman–Crippen LogP) is 2.38. The molecule has 0 unspecified atom stereocenters. The van der Waals surface area contributed by atoms with Crippen LogP contribution in [0.4, 0.5) is 0 Å². The van der Waals surface area contributed by atoms with E-state index >= 15 is 0 Å². The Kier molecular flexibility index (Phi) is 5.17. The third kappa shape index (κ3) is 4.04. The average Bonchev–Trinajstić information content (AvgIpc) is 2.90. The van der Waals surface area contributed by atoms with Crippen LogP contribution >= 0.6 is 22.9 Å². The molecule has 0 aliphatic rings. The van der Waals surface area contributed by atoms with Crippen molar-refractivity contribution in [2.45, 2.75) is 17.2 Å². The van der Waals surface area contributed by atoms with Crippen molar-refractivity contribution in [3.8, 4) is 0 Å².